The summed E-state index contributed by atoms with van der Waals surface area (Å²) in [6, 6.07) is 14.3. The molecule has 4 heteroatoms. The molecule has 0 spiro atoms. The predicted molar refractivity (Wildman–Crippen MR) is 67.7 cm³/mol. The van der Waals surface area contributed by atoms with Gasteiger partial charge in [0.05, 0.1) is 5.70 Å². The fraction of sp³-hybridized carbons (Fsp3) is 0. The smallest absolute Gasteiger partial charge is 0.330 e. The van der Waals surface area contributed by atoms with Gasteiger partial charge in [-0.15, -0.1) is 0 Å². The van der Waals surface area contributed by atoms with E-state index in [2.05, 4.69) is 0 Å². The second kappa shape index (κ2) is 5.14. The van der Waals surface area contributed by atoms with Crippen molar-refractivity contribution >= 4 is 11.7 Å². The average molecular weight is 240 g/mol. The first-order valence-electron chi connectivity index (χ1n) is 5.41. The van der Waals surface area contributed by atoms with Crippen molar-refractivity contribution in [3.63, 3.8) is 0 Å². The Hall–Kier alpha value is -2.62. The standard InChI is InChI=1S/C14H12N2O2/c15-13-8-4-5-9-16(13)12(10-14(17)18)11-6-2-1-3-7-11/h1-10,15H,(H,17,18)/b12-10+,15-13?. The molecule has 0 radical (unpaired) electrons. The van der Waals surface area contributed by atoms with Gasteiger partial charge in [-0.25, -0.2) is 4.79 Å². The number of carboxylic acid groups (broad SMARTS) is 1. The second-order valence-electron chi connectivity index (χ2n) is 3.69. The van der Waals surface area contributed by atoms with Crippen LogP contribution in [0.25, 0.3) is 5.70 Å². The zero-order chi connectivity index (χ0) is 13.0. The molecular weight excluding hydrogens is 228 g/mol. The van der Waals surface area contributed by atoms with Crippen molar-refractivity contribution in [1.82, 2.24) is 4.57 Å². The monoisotopic (exact) mass is 240 g/mol. The fourth-order valence-electron chi connectivity index (χ4n) is 1.67. The van der Waals surface area contributed by atoms with Crippen LogP contribution in [0, 0.1) is 5.41 Å². The third-order valence-electron chi connectivity index (χ3n) is 2.45. The summed E-state index contributed by atoms with van der Waals surface area (Å²) in [7, 11) is 0. The molecule has 0 bridgehead atoms. The van der Waals surface area contributed by atoms with E-state index in [0.717, 1.165) is 11.6 Å². The summed E-state index contributed by atoms with van der Waals surface area (Å²) >= 11 is 0. The van der Waals surface area contributed by atoms with Gasteiger partial charge in [-0.05, 0) is 17.7 Å². The zero-order valence-corrected chi connectivity index (χ0v) is 9.58. The van der Waals surface area contributed by atoms with Crippen molar-refractivity contribution in [2.24, 2.45) is 0 Å². The van der Waals surface area contributed by atoms with E-state index in [9.17, 15) is 4.79 Å². The number of benzene rings is 1. The zero-order valence-electron chi connectivity index (χ0n) is 9.58. The van der Waals surface area contributed by atoms with Crippen LogP contribution < -0.4 is 5.49 Å². The lowest BCUT2D eigenvalue weighted by molar-refractivity contribution is -0.131. The molecule has 0 saturated heterocycles. The molecule has 0 unspecified atom stereocenters. The van der Waals surface area contributed by atoms with Gasteiger partial charge in [0.1, 0.15) is 5.49 Å². The Bertz CT molecular complexity index is 642. The van der Waals surface area contributed by atoms with Crippen LogP contribution in [0.4, 0.5) is 0 Å². The first-order valence-corrected chi connectivity index (χ1v) is 5.41. The molecular formula is C14H12N2O2. The number of nitrogens with one attached hydrogen (secondary N) is 1. The van der Waals surface area contributed by atoms with Gasteiger partial charge in [0.15, 0.2) is 0 Å². The van der Waals surface area contributed by atoms with Crippen LogP contribution in [0.5, 0.6) is 0 Å². The highest BCUT2D eigenvalue weighted by atomic mass is 16.4. The van der Waals surface area contributed by atoms with Gasteiger partial charge in [0.25, 0.3) is 0 Å². The van der Waals surface area contributed by atoms with Crippen LogP contribution in [-0.2, 0) is 4.79 Å². The van der Waals surface area contributed by atoms with Crippen LogP contribution in [0.3, 0.4) is 0 Å². The lowest BCUT2D eigenvalue weighted by atomic mass is 10.1. The lowest BCUT2D eigenvalue weighted by Gasteiger charge is -2.11. The summed E-state index contributed by atoms with van der Waals surface area (Å²) in [6.07, 6.45) is 2.78. The van der Waals surface area contributed by atoms with Crippen LogP contribution >= 0.6 is 0 Å². The molecule has 1 aromatic carbocycles. The molecule has 1 aromatic heterocycles. The molecule has 0 aliphatic carbocycles. The third kappa shape index (κ3) is 2.55. The number of carboxylic acids is 1. The largest absolute Gasteiger partial charge is 0.478 e. The summed E-state index contributed by atoms with van der Waals surface area (Å²) in [6.45, 7) is 0. The van der Waals surface area contributed by atoms with Crippen molar-refractivity contribution in [2.45, 2.75) is 0 Å². The third-order valence-corrected chi connectivity index (χ3v) is 2.45. The Morgan fingerprint density at radius 1 is 1.11 bits per heavy atom. The Morgan fingerprint density at radius 2 is 1.78 bits per heavy atom. The molecule has 0 saturated carbocycles. The molecule has 90 valence electrons. The van der Waals surface area contributed by atoms with E-state index in [1.807, 2.05) is 30.3 Å². The van der Waals surface area contributed by atoms with E-state index < -0.39 is 5.97 Å². The molecule has 0 aliphatic heterocycles. The maximum absolute atomic E-state index is 10.9. The number of hydrogen-bond donors (Lipinski definition) is 2. The number of nitrogens with zero attached hydrogens (tertiary/aromatic N) is 1. The number of aromatic nitrogens is 1. The maximum atomic E-state index is 10.9. The topological polar surface area (TPSA) is 66.1 Å². The quantitative estimate of drug-likeness (QED) is 0.805. The van der Waals surface area contributed by atoms with E-state index in [1.165, 1.54) is 4.57 Å². The fourth-order valence-corrected chi connectivity index (χ4v) is 1.67. The van der Waals surface area contributed by atoms with E-state index in [1.54, 1.807) is 24.4 Å². The molecule has 4 nitrogen and oxygen atoms in total. The van der Waals surface area contributed by atoms with Gasteiger partial charge < -0.3 is 9.67 Å². The molecule has 0 amide bonds. The van der Waals surface area contributed by atoms with Crippen LogP contribution in [0.2, 0.25) is 0 Å². The van der Waals surface area contributed by atoms with E-state index in [0.29, 0.717) is 5.70 Å². The average Bonchev–Trinajstić information content (AvgIpc) is 2.38. The van der Waals surface area contributed by atoms with Gasteiger partial charge in [-0.1, -0.05) is 36.4 Å². The number of aliphatic carboxylic acids is 1. The van der Waals surface area contributed by atoms with Crippen LogP contribution in [-0.4, -0.2) is 15.6 Å². The van der Waals surface area contributed by atoms with Gasteiger partial charge in [-0.3, -0.25) is 5.41 Å². The summed E-state index contributed by atoms with van der Waals surface area (Å²) < 4.78 is 1.53. The minimum absolute atomic E-state index is 0.230. The van der Waals surface area contributed by atoms with Gasteiger partial charge in [-0.2, -0.15) is 0 Å². The molecule has 0 atom stereocenters. The molecule has 0 fully saturated rings. The van der Waals surface area contributed by atoms with Gasteiger partial charge in [0, 0.05) is 12.3 Å². The summed E-state index contributed by atoms with van der Waals surface area (Å²) in [5.74, 6) is -1.04. The minimum atomic E-state index is -1.04. The van der Waals surface area contributed by atoms with Crippen LogP contribution in [0.1, 0.15) is 5.56 Å². The molecule has 18 heavy (non-hydrogen) atoms. The number of carbonyl (C=O) groups is 1. The maximum Gasteiger partial charge on any atom is 0.330 e. The Morgan fingerprint density at radius 3 is 2.39 bits per heavy atom. The highest BCUT2D eigenvalue weighted by molar-refractivity contribution is 5.89. The SMILES string of the molecule is N=c1ccccn1/C(=C/C(=O)O)c1ccccc1. The van der Waals surface area contributed by atoms with Crippen molar-refractivity contribution < 1.29 is 9.90 Å². The Kier molecular flexibility index (Phi) is 3.38. The lowest BCUT2D eigenvalue weighted by Crippen LogP contribution is -2.18. The van der Waals surface area contributed by atoms with Gasteiger partial charge in [0.2, 0.25) is 0 Å². The number of pyridine rings is 1. The predicted octanol–water partition coefficient (Wildman–Crippen LogP) is 1.94. The summed E-state index contributed by atoms with van der Waals surface area (Å²) in [5, 5.41) is 16.8. The number of rotatable bonds is 3. The van der Waals surface area contributed by atoms with Crippen molar-refractivity contribution in [2.75, 3.05) is 0 Å². The molecule has 0 aliphatic rings. The van der Waals surface area contributed by atoms with Crippen molar-refractivity contribution in [3.8, 4) is 0 Å². The summed E-state index contributed by atoms with van der Waals surface area (Å²) in [5.41, 5.74) is 1.45. The van der Waals surface area contributed by atoms with E-state index >= 15 is 0 Å². The highest BCUT2D eigenvalue weighted by Gasteiger charge is 2.06. The first-order chi connectivity index (χ1) is 8.68. The summed E-state index contributed by atoms with van der Waals surface area (Å²) in [4.78, 5) is 10.9. The molecule has 2 N–H and O–H groups in total. The van der Waals surface area contributed by atoms with Crippen molar-refractivity contribution in [3.05, 3.63) is 71.9 Å². The van der Waals surface area contributed by atoms with Gasteiger partial charge >= 0.3 is 5.97 Å². The molecule has 2 aromatic rings. The number of hydrogen-bond acceptors (Lipinski definition) is 2. The normalized spacial score (nSPS) is 11.2. The molecule has 2 rings (SSSR count). The Labute approximate surface area is 104 Å². The Balaban J connectivity index is 2.63. The van der Waals surface area contributed by atoms with Crippen molar-refractivity contribution in [1.29, 1.82) is 5.41 Å². The highest BCUT2D eigenvalue weighted by Crippen LogP contribution is 2.14. The van der Waals surface area contributed by atoms with E-state index in [4.69, 9.17) is 10.5 Å². The molecule has 1 heterocycles. The first kappa shape index (κ1) is 11.9. The second-order valence-corrected chi connectivity index (χ2v) is 3.69. The van der Waals surface area contributed by atoms with E-state index in [-0.39, 0.29) is 5.49 Å². The minimum Gasteiger partial charge on any atom is -0.478 e. The van der Waals surface area contributed by atoms with Crippen LogP contribution in [0.15, 0.2) is 60.8 Å².